The first-order valence-electron chi connectivity index (χ1n) is 8.59. The zero-order chi connectivity index (χ0) is 15.1. The van der Waals surface area contributed by atoms with E-state index in [0.29, 0.717) is 12.1 Å². The first-order chi connectivity index (χ1) is 10.2. The van der Waals surface area contributed by atoms with Gasteiger partial charge in [-0.25, -0.2) is 0 Å². The molecule has 1 saturated heterocycles. The van der Waals surface area contributed by atoms with Crippen molar-refractivity contribution in [1.82, 2.24) is 20.4 Å². The third-order valence-electron chi connectivity index (χ3n) is 4.90. The van der Waals surface area contributed by atoms with Crippen LogP contribution in [0.1, 0.15) is 39.0 Å². The van der Waals surface area contributed by atoms with Crippen molar-refractivity contribution in [3.63, 3.8) is 0 Å². The highest BCUT2D eigenvalue weighted by Crippen LogP contribution is 2.17. The lowest BCUT2D eigenvalue weighted by Crippen LogP contribution is -2.53. The summed E-state index contributed by atoms with van der Waals surface area (Å²) >= 11 is 0. The summed E-state index contributed by atoms with van der Waals surface area (Å²) in [5.41, 5.74) is 0. The molecule has 21 heavy (non-hydrogen) atoms. The van der Waals surface area contributed by atoms with E-state index in [4.69, 9.17) is 0 Å². The van der Waals surface area contributed by atoms with Crippen LogP contribution in [0.4, 0.5) is 0 Å². The smallest absolute Gasteiger partial charge is 0.191 e. The average molecular weight is 295 g/mol. The molecule has 122 valence electrons. The number of rotatable bonds is 4. The number of aliphatic imine (C=N–C) groups is 1. The van der Waals surface area contributed by atoms with E-state index < -0.39 is 0 Å². The van der Waals surface area contributed by atoms with Gasteiger partial charge in [-0.15, -0.1) is 0 Å². The molecule has 5 heteroatoms. The van der Waals surface area contributed by atoms with Gasteiger partial charge >= 0.3 is 0 Å². The van der Waals surface area contributed by atoms with Crippen LogP contribution < -0.4 is 10.6 Å². The lowest BCUT2D eigenvalue weighted by atomic mass is 9.96. The molecule has 1 heterocycles. The number of nitrogens with one attached hydrogen (secondary N) is 2. The number of hydrogen-bond acceptors (Lipinski definition) is 3. The van der Waals surface area contributed by atoms with Crippen LogP contribution in [0.3, 0.4) is 0 Å². The fourth-order valence-electron chi connectivity index (χ4n) is 3.27. The Morgan fingerprint density at radius 3 is 2.43 bits per heavy atom. The second-order valence-electron chi connectivity index (χ2n) is 6.62. The van der Waals surface area contributed by atoms with Gasteiger partial charge in [0.15, 0.2) is 5.96 Å². The van der Waals surface area contributed by atoms with E-state index in [-0.39, 0.29) is 0 Å². The van der Waals surface area contributed by atoms with E-state index in [1.165, 1.54) is 58.3 Å². The normalized spacial score (nSPS) is 24.8. The molecule has 1 saturated carbocycles. The lowest BCUT2D eigenvalue weighted by Gasteiger charge is -2.36. The van der Waals surface area contributed by atoms with Crippen LogP contribution in [0.15, 0.2) is 4.99 Å². The van der Waals surface area contributed by atoms with Gasteiger partial charge in [0, 0.05) is 51.9 Å². The standard InChI is InChI=1S/C16H33N5/c1-14(21-11-9-20(3)10-12-21)13-18-16(17-2)19-15-7-5-4-6-8-15/h14-15H,4-13H2,1-3H3,(H2,17,18,19). The molecular weight excluding hydrogens is 262 g/mol. The first kappa shape index (κ1) is 16.6. The maximum absolute atomic E-state index is 4.38. The molecule has 0 radical (unpaired) electrons. The molecule has 1 aliphatic heterocycles. The minimum Gasteiger partial charge on any atom is -0.355 e. The number of hydrogen-bond donors (Lipinski definition) is 2. The summed E-state index contributed by atoms with van der Waals surface area (Å²) in [5, 5.41) is 7.09. The fraction of sp³-hybridized carbons (Fsp3) is 0.938. The average Bonchev–Trinajstić information content (AvgIpc) is 2.52. The Morgan fingerprint density at radius 1 is 1.14 bits per heavy atom. The van der Waals surface area contributed by atoms with E-state index in [1.54, 1.807) is 0 Å². The van der Waals surface area contributed by atoms with Crippen molar-refractivity contribution in [1.29, 1.82) is 0 Å². The Morgan fingerprint density at radius 2 is 1.81 bits per heavy atom. The minimum atomic E-state index is 0.559. The Labute approximate surface area is 130 Å². The number of likely N-dealkylation sites (N-methyl/N-ethyl adjacent to an activating group) is 1. The van der Waals surface area contributed by atoms with Gasteiger partial charge in [0.2, 0.25) is 0 Å². The summed E-state index contributed by atoms with van der Waals surface area (Å²) in [6.07, 6.45) is 6.67. The van der Waals surface area contributed by atoms with Crippen LogP contribution in [0.25, 0.3) is 0 Å². The molecule has 1 atom stereocenters. The quantitative estimate of drug-likeness (QED) is 0.602. The van der Waals surface area contributed by atoms with E-state index in [9.17, 15) is 0 Å². The van der Waals surface area contributed by atoms with Gasteiger partial charge < -0.3 is 15.5 Å². The zero-order valence-corrected chi connectivity index (χ0v) is 14.1. The summed E-state index contributed by atoms with van der Waals surface area (Å²) in [6, 6.07) is 1.17. The van der Waals surface area contributed by atoms with Gasteiger partial charge in [-0.1, -0.05) is 19.3 Å². The maximum Gasteiger partial charge on any atom is 0.191 e. The van der Waals surface area contributed by atoms with Gasteiger partial charge in [-0.3, -0.25) is 9.89 Å². The molecule has 0 aromatic carbocycles. The van der Waals surface area contributed by atoms with Gasteiger partial charge in [-0.05, 0) is 26.8 Å². The van der Waals surface area contributed by atoms with Crippen LogP contribution in [-0.2, 0) is 0 Å². The van der Waals surface area contributed by atoms with Crippen molar-refractivity contribution in [2.24, 2.45) is 4.99 Å². The second kappa shape index (κ2) is 8.59. The third-order valence-corrected chi connectivity index (χ3v) is 4.90. The zero-order valence-electron chi connectivity index (χ0n) is 14.1. The van der Waals surface area contributed by atoms with Gasteiger partial charge in [0.25, 0.3) is 0 Å². The number of guanidine groups is 1. The Bertz CT molecular complexity index is 317. The van der Waals surface area contributed by atoms with Crippen molar-refractivity contribution < 1.29 is 0 Å². The molecule has 0 amide bonds. The maximum atomic E-state index is 4.38. The van der Waals surface area contributed by atoms with E-state index in [1.807, 2.05) is 7.05 Å². The lowest BCUT2D eigenvalue weighted by molar-refractivity contribution is 0.120. The molecule has 0 spiro atoms. The molecule has 5 nitrogen and oxygen atoms in total. The highest BCUT2D eigenvalue weighted by molar-refractivity contribution is 5.79. The largest absolute Gasteiger partial charge is 0.355 e. The summed E-state index contributed by atoms with van der Waals surface area (Å²) < 4.78 is 0. The predicted octanol–water partition coefficient (Wildman–Crippen LogP) is 1.12. The Hall–Kier alpha value is -0.810. The first-order valence-corrected chi connectivity index (χ1v) is 8.59. The highest BCUT2D eigenvalue weighted by atomic mass is 15.3. The van der Waals surface area contributed by atoms with Crippen LogP contribution in [0.2, 0.25) is 0 Å². The molecule has 0 bridgehead atoms. The topological polar surface area (TPSA) is 42.9 Å². The Kier molecular flexibility index (Phi) is 6.77. The van der Waals surface area contributed by atoms with E-state index in [2.05, 4.69) is 39.4 Å². The second-order valence-corrected chi connectivity index (χ2v) is 6.62. The van der Waals surface area contributed by atoms with Crippen LogP contribution in [0, 0.1) is 0 Å². The van der Waals surface area contributed by atoms with Crippen molar-refractivity contribution in [2.45, 2.75) is 51.1 Å². The van der Waals surface area contributed by atoms with Crippen LogP contribution >= 0.6 is 0 Å². The third kappa shape index (κ3) is 5.47. The SMILES string of the molecule is CN=C(NCC(C)N1CCN(C)CC1)NC1CCCCC1. The van der Waals surface area contributed by atoms with Gasteiger partial charge in [0.05, 0.1) is 0 Å². The summed E-state index contributed by atoms with van der Waals surface area (Å²) in [4.78, 5) is 9.35. The van der Waals surface area contributed by atoms with Crippen LogP contribution in [-0.4, -0.2) is 74.7 Å². The molecular formula is C16H33N5. The number of piperazine rings is 1. The Balaban J connectivity index is 1.69. The van der Waals surface area contributed by atoms with Crippen molar-refractivity contribution in [2.75, 3.05) is 46.8 Å². The molecule has 2 rings (SSSR count). The molecule has 0 aromatic rings. The minimum absolute atomic E-state index is 0.559. The van der Waals surface area contributed by atoms with E-state index >= 15 is 0 Å². The van der Waals surface area contributed by atoms with Crippen molar-refractivity contribution in [3.8, 4) is 0 Å². The fourth-order valence-corrected chi connectivity index (χ4v) is 3.27. The monoisotopic (exact) mass is 295 g/mol. The molecule has 1 unspecified atom stereocenters. The predicted molar refractivity (Wildman–Crippen MR) is 89.9 cm³/mol. The van der Waals surface area contributed by atoms with E-state index in [0.717, 1.165) is 12.5 Å². The molecule has 2 N–H and O–H groups in total. The number of nitrogens with zero attached hydrogens (tertiary/aromatic N) is 3. The summed E-state index contributed by atoms with van der Waals surface area (Å²) in [5.74, 6) is 0.975. The molecule has 1 aliphatic carbocycles. The van der Waals surface area contributed by atoms with Gasteiger partial charge in [-0.2, -0.15) is 0 Å². The molecule has 0 aromatic heterocycles. The van der Waals surface area contributed by atoms with Gasteiger partial charge in [0.1, 0.15) is 0 Å². The summed E-state index contributed by atoms with van der Waals surface area (Å²) in [7, 11) is 4.08. The highest BCUT2D eigenvalue weighted by Gasteiger charge is 2.20. The van der Waals surface area contributed by atoms with Crippen molar-refractivity contribution >= 4 is 5.96 Å². The van der Waals surface area contributed by atoms with Crippen LogP contribution in [0.5, 0.6) is 0 Å². The molecule has 2 aliphatic rings. The van der Waals surface area contributed by atoms with Crippen molar-refractivity contribution in [3.05, 3.63) is 0 Å². The molecule has 2 fully saturated rings. The summed E-state index contributed by atoms with van der Waals surface area (Å²) in [6.45, 7) is 7.99.